The van der Waals surface area contributed by atoms with Gasteiger partial charge in [-0.15, -0.1) is 11.8 Å². The Balaban J connectivity index is 1.51. The molecule has 20 heavy (non-hydrogen) atoms. The number of aliphatic imine (C=N–C) groups is 1. The van der Waals surface area contributed by atoms with Crippen LogP contribution in [0.1, 0.15) is 12.0 Å². The van der Waals surface area contributed by atoms with Crippen molar-refractivity contribution in [1.82, 2.24) is 0 Å². The molecule has 0 saturated carbocycles. The van der Waals surface area contributed by atoms with Crippen molar-refractivity contribution in [3.8, 4) is 0 Å². The Kier molecular flexibility index (Phi) is 4.38. The topological polar surface area (TPSA) is 21.6 Å². The Morgan fingerprint density at radius 3 is 2.45 bits per heavy atom. The second kappa shape index (κ2) is 6.62. The third-order valence-corrected chi connectivity index (χ3v) is 4.24. The van der Waals surface area contributed by atoms with Gasteiger partial charge in [0.2, 0.25) is 5.90 Å². The fourth-order valence-corrected chi connectivity index (χ4v) is 3.11. The average Bonchev–Trinajstić information content (AvgIpc) is 2.98. The summed E-state index contributed by atoms with van der Waals surface area (Å²) in [6.45, 7) is 0.708. The third kappa shape index (κ3) is 3.42. The van der Waals surface area contributed by atoms with Crippen molar-refractivity contribution in [2.75, 3.05) is 12.4 Å². The number of rotatable bonds is 5. The zero-order valence-electron chi connectivity index (χ0n) is 11.2. The van der Waals surface area contributed by atoms with Gasteiger partial charge in [0, 0.05) is 16.2 Å². The lowest BCUT2D eigenvalue weighted by Gasteiger charge is -2.04. The summed E-state index contributed by atoms with van der Waals surface area (Å²) in [5.74, 6) is 1.86. The van der Waals surface area contributed by atoms with E-state index in [-0.39, 0.29) is 0 Å². The van der Waals surface area contributed by atoms with E-state index in [1.807, 2.05) is 48.2 Å². The van der Waals surface area contributed by atoms with E-state index in [0.717, 1.165) is 23.6 Å². The molecule has 0 aromatic heterocycles. The molecule has 1 aliphatic rings. The maximum absolute atomic E-state index is 5.70. The van der Waals surface area contributed by atoms with Crippen LogP contribution in [0.2, 0.25) is 0 Å². The van der Waals surface area contributed by atoms with Gasteiger partial charge in [-0.2, -0.15) is 0 Å². The summed E-state index contributed by atoms with van der Waals surface area (Å²) in [4.78, 5) is 5.99. The molecule has 0 spiro atoms. The first-order valence-corrected chi connectivity index (χ1v) is 7.84. The van der Waals surface area contributed by atoms with Crippen LogP contribution in [0.3, 0.4) is 0 Å². The number of thioether (sulfide) groups is 1. The predicted molar refractivity (Wildman–Crippen MR) is 84.5 cm³/mol. The first-order valence-electron chi connectivity index (χ1n) is 6.86. The minimum atomic E-state index is 0.293. The summed E-state index contributed by atoms with van der Waals surface area (Å²) in [6.07, 6.45) is 1.05. The molecule has 2 aromatic carbocycles. The van der Waals surface area contributed by atoms with Crippen LogP contribution in [0, 0.1) is 0 Å². The van der Waals surface area contributed by atoms with E-state index in [2.05, 4.69) is 29.3 Å². The molecule has 1 aliphatic heterocycles. The molecule has 2 aromatic rings. The molecule has 0 amide bonds. The summed E-state index contributed by atoms with van der Waals surface area (Å²) in [7, 11) is 0. The van der Waals surface area contributed by atoms with E-state index < -0.39 is 0 Å². The van der Waals surface area contributed by atoms with E-state index in [1.165, 1.54) is 4.90 Å². The molecule has 3 rings (SSSR count). The first kappa shape index (κ1) is 13.3. The SMILES string of the molecule is c1ccc(SCC[C@H]2COC(c3ccccc3)=N2)cc1. The predicted octanol–water partition coefficient (Wildman–Crippen LogP) is 4.01. The smallest absolute Gasteiger partial charge is 0.216 e. The molecular formula is C17H17NOS. The molecule has 0 fully saturated rings. The highest BCUT2D eigenvalue weighted by Gasteiger charge is 2.19. The molecule has 102 valence electrons. The Labute approximate surface area is 123 Å². The van der Waals surface area contributed by atoms with Gasteiger partial charge in [-0.3, -0.25) is 0 Å². The quantitative estimate of drug-likeness (QED) is 0.773. The number of benzene rings is 2. The third-order valence-electron chi connectivity index (χ3n) is 3.20. The summed E-state index contributed by atoms with van der Waals surface area (Å²) < 4.78 is 5.70. The van der Waals surface area contributed by atoms with Crippen LogP contribution in [0.5, 0.6) is 0 Å². The Bertz CT molecular complexity index is 568. The van der Waals surface area contributed by atoms with Crippen LogP contribution < -0.4 is 0 Å². The number of ether oxygens (including phenoxy) is 1. The van der Waals surface area contributed by atoms with Crippen LogP contribution in [0.15, 0.2) is 70.6 Å². The van der Waals surface area contributed by atoms with Crippen LogP contribution in [-0.4, -0.2) is 24.3 Å². The van der Waals surface area contributed by atoms with E-state index in [9.17, 15) is 0 Å². The Hall–Kier alpha value is -1.74. The van der Waals surface area contributed by atoms with Gasteiger partial charge in [0.05, 0.1) is 6.04 Å². The number of hydrogen-bond donors (Lipinski definition) is 0. The van der Waals surface area contributed by atoms with Gasteiger partial charge in [0.15, 0.2) is 0 Å². The van der Waals surface area contributed by atoms with E-state index in [4.69, 9.17) is 4.74 Å². The monoisotopic (exact) mass is 283 g/mol. The molecule has 2 nitrogen and oxygen atoms in total. The zero-order chi connectivity index (χ0) is 13.6. The highest BCUT2D eigenvalue weighted by Crippen LogP contribution is 2.21. The lowest BCUT2D eigenvalue weighted by Crippen LogP contribution is -2.07. The van der Waals surface area contributed by atoms with Gasteiger partial charge in [0.1, 0.15) is 6.61 Å². The largest absolute Gasteiger partial charge is 0.475 e. The van der Waals surface area contributed by atoms with Crippen molar-refractivity contribution in [3.63, 3.8) is 0 Å². The van der Waals surface area contributed by atoms with Gasteiger partial charge in [-0.25, -0.2) is 4.99 Å². The van der Waals surface area contributed by atoms with Crippen molar-refractivity contribution < 1.29 is 4.74 Å². The normalized spacial score (nSPS) is 17.6. The highest BCUT2D eigenvalue weighted by atomic mass is 32.2. The molecule has 0 bridgehead atoms. The minimum absolute atomic E-state index is 0.293. The van der Waals surface area contributed by atoms with Gasteiger partial charge in [-0.1, -0.05) is 36.4 Å². The molecule has 3 heteroatoms. The Morgan fingerprint density at radius 1 is 1.00 bits per heavy atom. The first-order chi connectivity index (χ1) is 9.92. The standard InChI is InChI=1S/C17H17NOS/c1-3-7-14(8-4-1)17-18-15(13-19-17)11-12-20-16-9-5-2-6-10-16/h1-10,15H,11-13H2/t15-/m0/s1. The van der Waals surface area contributed by atoms with Crippen LogP contribution >= 0.6 is 11.8 Å². The van der Waals surface area contributed by atoms with Crippen molar-refractivity contribution >= 4 is 17.7 Å². The van der Waals surface area contributed by atoms with E-state index in [1.54, 1.807) is 0 Å². The second-order valence-corrected chi connectivity index (χ2v) is 5.88. The lowest BCUT2D eigenvalue weighted by molar-refractivity contribution is 0.315. The molecule has 0 unspecified atom stereocenters. The fraction of sp³-hybridized carbons (Fsp3) is 0.235. The van der Waals surface area contributed by atoms with Crippen molar-refractivity contribution in [2.45, 2.75) is 17.4 Å². The Morgan fingerprint density at radius 2 is 1.70 bits per heavy atom. The van der Waals surface area contributed by atoms with Crippen LogP contribution in [0.4, 0.5) is 0 Å². The van der Waals surface area contributed by atoms with Gasteiger partial charge in [-0.05, 0) is 30.7 Å². The lowest BCUT2D eigenvalue weighted by atomic mass is 10.2. The van der Waals surface area contributed by atoms with Gasteiger partial charge in [0.25, 0.3) is 0 Å². The van der Waals surface area contributed by atoms with Crippen LogP contribution in [-0.2, 0) is 4.74 Å². The summed E-state index contributed by atoms with van der Waals surface area (Å²) in [5.41, 5.74) is 1.07. The van der Waals surface area contributed by atoms with Crippen molar-refractivity contribution in [2.24, 2.45) is 4.99 Å². The summed E-state index contributed by atoms with van der Waals surface area (Å²) in [5, 5.41) is 0. The second-order valence-electron chi connectivity index (χ2n) is 4.72. The average molecular weight is 283 g/mol. The molecule has 0 saturated heterocycles. The molecule has 0 radical (unpaired) electrons. The minimum Gasteiger partial charge on any atom is -0.475 e. The van der Waals surface area contributed by atoms with Crippen molar-refractivity contribution in [1.29, 1.82) is 0 Å². The molecular weight excluding hydrogens is 266 g/mol. The van der Waals surface area contributed by atoms with Gasteiger partial charge >= 0.3 is 0 Å². The molecule has 1 atom stereocenters. The van der Waals surface area contributed by atoms with E-state index in [0.29, 0.717) is 12.6 Å². The number of nitrogens with zero attached hydrogens (tertiary/aromatic N) is 1. The summed E-state index contributed by atoms with van der Waals surface area (Å²) >= 11 is 1.88. The summed E-state index contributed by atoms with van der Waals surface area (Å²) in [6, 6.07) is 20.9. The number of hydrogen-bond acceptors (Lipinski definition) is 3. The zero-order valence-corrected chi connectivity index (χ0v) is 12.1. The van der Waals surface area contributed by atoms with E-state index >= 15 is 0 Å². The molecule has 0 aliphatic carbocycles. The highest BCUT2D eigenvalue weighted by molar-refractivity contribution is 7.99. The van der Waals surface area contributed by atoms with Gasteiger partial charge < -0.3 is 4.74 Å². The van der Waals surface area contributed by atoms with Crippen LogP contribution in [0.25, 0.3) is 0 Å². The molecule has 1 heterocycles. The molecule has 0 N–H and O–H groups in total. The maximum Gasteiger partial charge on any atom is 0.216 e. The fourth-order valence-electron chi connectivity index (χ4n) is 2.13. The van der Waals surface area contributed by atoms with Crippen molar-refractivity contribution in [3.05, 3.63) is 66.2 Å². The maximum atomic E-state index is 5.70.